The fourth-order valence-electron chi connectivity index (χ4n) is 4.22. The molecule has 5 rings (SSSR count). The van der Waals surface area contributed by atoms with Crippen molar-refractivity contribution in [2.45, 2.75) is 17.6 Å². The Balaban J connectivity index is 1.64. The van der Waals surface area contributed by atoms with Gasteiger partial charge in [0.25, 0.3) is 0 Å². The van der Waals surface area contributed by atoms with E-state index in [1.807, 2.05) is 6.92 Å². The Bertz CT molecular complexity index is 1700. The van der Waals surface area contributed by atoms with Gasteiger partial charge in [-0.25, -0.2) is 12.8 Å². The van der Waals surface area contributed by atoms with Crippen LogP contribution in [0.2, 0.25) is 5.02 Å². The Kier molecular flexibility index (Phi) is 6.24. The van der Waals surface area contributed by atoms with Gasteiger partial charge in [0.15, 0.2) is 9.84 Å². The molecule has 0 N–H and O–H groups in total. The highest BCUT2D eigenvalue weighted by atomic mass is 35.5. The number of aryl methyl sites for hydroxylation is 1. The normalized spacial score (nSPS) is 11.7. The molecule has 3 aromatic carbocycles. The third kappa shape index (κ3) is 4.45. The number of fused-ring (bicyclic) bond motifs is 1. The molecular weight excluding hydrogens is 503 g/mol. The van der Waals surface area contributed by atoms with E-state index in [-0.39, 0.29) is 16.5 Å². The molecule has 0 aliphatic carbocycles. The molecule has 2 aromatic heterocycles. The van der Waals surface area contributed by atoms with Crippen molar-refractivity contribution < 1.29 is 22.1 Å². The van der Waals surface area contributed by atoms with Gasteiger partial charge in [0.2, 0.25) is 0 Å². The van der Waals surface area contributed by atoms with E-state index < -0.39 is 9.84 Å². The number of ether oxygens (including phenoxy) is 1. The first-order valence-electron chi connectivity index (χ1n) is 10.9. The lowest BCUT2D eigenvalue weighted by Gasteiger charge is -2.17. The van der Waals surface area contributed by atoms with Crippen LogP contribution in [0.4, 0.5) is 4.39 Å². The molecule has 0 spiro atoms. The Morgan fingerprint density at radius 3 is 2.61 bits per heavy atom. The molecule has 0 atom stereocenters. The lowest BCUT2D eigenvalue weighted by molar-refractivity contribution is 0.413. The van der Waals surface area contributed by atoms with Gasteiger partial charge in [-0.15, -0.1) is 0 Å². The van der Waals surface area contributed by atoms with Gasteiger partial charge in [-0.1, -0.05) is 35.0 Å². The molecule has 0 saturated heterocycles. The highest BCUT2D eigenvalue weighted by Gasteiger charge is 2.21. The fraction of sp³-hybridized carbons (Fsp3) is 0.111. The van der Waals surface area contributed by atoms with Crippen LogP contribution in [0.15, 0.2) is 82.5 Å². The third-order valence-electron chi connectivity index (χ3n) is 5.93. The zero-order valence-corrected chi connectivity index (χ0v) is 20.9. The highest BCUT2D eigenvalue weighted by Crippen LogP contribution is 2.42. The lowest BCUT2D eigenvalue weighted by Crippen LogP contribution is -2.05. The lowest BCUT2D eigenvalue weighted by atomic mass is 9.94. The van der Waals surface area contributed by atoms with Crippen LogP contribution in [0, 0.1) is 12.7 Å². The minimum atomic E-state index is -3.65. The van der Waals surface area contributed by atoms with Gasteiger partial charge in [0.05, 0.1) is 17.7 Å². The molecule has 0 saturated carbocycles. The average molecular weight is 523 g/mol. The van der Waals surface area contributed by atoms with Gasteiger partial charge in [-0.3, -0.25) is 4.98 Å². The number of aromatic nitrogens is 2. The fourth-order valence-corrected chi connectivity index (χ4v) is 5.78. The summed E-state index contributed by atoms with van der Waals surface area (Å²) in [7, 11) is -2.10. The summed E-state index contributed by atoms with van der Waals surface area (Å²) in [5.74, 6) is -0.111. The maximum absolute atomic E-state index is 13.8. The predicted molar refractivity (Wildman–Crippen MR) is 136 cm³/mol. The SMILES string of the molecule is COc1cc(-c2cccc(F)c2)c(Cl)cc1-c1c(C)ncc2cc(S(=O)(=O)Cc3ccon3)ccc12. The molecule has 9 heteroatoms. The van der Waals surface area contributed by atoms with Crippen LogP contribution in [0.3, 0.4) is 0 Å². The third-order valence-corrected chi connectivity index (χ3v) is 7.89. The monoisotopic (exact) mass is 522 g/mol. The summed E-state index contributed by atoms with van der Waals surface area (Å²) in [5.41, 5.74) is 3.75. The minimum absolute atomic E-state index is 0.154. The summed E-state index contributed by atoms with van der Waals surface area (Å²) >= 11 is 6.66. The number of nitrogens with zero attached hydrogens (tertiary/aromatic N) is 2. The van der Waals surface area contributed by atoms with Crippen molar-refractivity contribution in [1.82, 2.24) is 10.1 Å². The van der Waals surface area contributed by atoms with E-state index in [0.29, 0.717) is 44.2 Å². The van der Waals surface area contributed by atoms with E-state index in [0.717, 1.165) is 10.9 Å². The van der Waals surface area contributed by atoms with Gasteiger partial charge in [-0.05, 0) is 54.3 Å². The smallest absolute Gasteiger partial charge is 0.184 e. The van der Waals surface area contributed by atoms with Crippen LogP contribution in [-0.4, -0.2) is 25.7 Å². The first-order chi connectivity index (χ1) is 17.3. The van der Waals surface area contributed by atoms with E-state index in [1.165, 1.54) is 24.5 Å². The van der Waals surface area contributed by atoms with Gasteiger partial charge in [0, 0.05) is 45.1 Å². The van der Waals surface area contributed by atoms with E-state index in [2.05, 4.69) is 10.1 Å². The van der Waals surface area contributed by atoms with Crippen LogP contribution in [-0.2, 0) is 15.6 Å². The highest BCUT2D eigenvalue weighted by molar-refractivity contribution is 7.90. The predicted octanol–water partition coefficient (Wildman–Crippen LogP) is 6.64. The topological polar surface area (TPSA) is 82.3 Å². The summed E-state index contributed by atoms with van der Waals surface area (Å²) in [5, 5.41) is 5.55. The van der Waals surface area contributed by atoms with Crippen LogP contribution >= 0.6 is 11.6 Å². The van der Waals surface area contributed by atoms with Crippen molar-refractivity contribution in [3.8, 4) is 28.0 Å². The molecular formula is C27H20ClFN2O4S. The van der Waals surface area contributed by atoms with Gasteiger partial charge in [-0.2, -0.15) is 0 Å². The van der Waals surface area contributed by atoms with Gasteiger partial charge >= 0.3 is 0 Å². The second-order valence-electron chi connectivity index (χ2n) is 8.26. The number of hydrogen-bond donors (Lipinski definition) is 0. The summed E-state index contributed by atoms with van der Waals surface area (Å²) in [6.45, 7) is 1.86. The number of sulfone groups is 1. The first kappa shape index (κ1) is 24.0. The molecule has 0 amide bonds. The largest absolute Gasteiger partial charge is 0.496 e. The molecule has 2 heterocycles. The van der Waals surface area contributed by atoms with Gasteiger partial charge in [0.1, 0.15) is 23.6 Å². The molecule has 182 valence electrons. The number of benzene rings is 3. The maximum atomic E-state index is 13.8. The number of pyridine rings is 1. The molecule has 0 radical (unpaired) electrons. The Morgan fingerprint density at radius 2 is 1.89 bits per heavy atom. The first-order valence-corrected chi connectivity index (χ1v) is 12.9. The van der Waals surface area contributed by atoms with Crippen molar-refractivity contribution in [3.05, 3.63) is 95.4 Å². The average Bonchev–Trinajstić information content (AvgIpc) is 3.36. The van der Waals surface area contributed by atoms with Crippen molar-refractivity contribution in [1.29, 1.82) is 0 Å². The number of rotatable bonds is 6. The molecule has 36 heavy (non-hydrogen) atoms. The van der Waals surface area contributed by atoms with Crippen molar-refractivity contribution in [3.63, 3.8) is 0 Å². The number of hydrogen-bond acceptors (Lipinski definition) is 6. The summed E-state index contributed by atoms with van der Waals surface area (Å²) < 4.78 is 50.2. The Morgan fingerprint density at radius 1 is 1.06 bits per heavy atom. The van der Waals surface area contributed by atoms with Crippen LogP contribution in [0.5, 0.6) is 5.75 Å². The summed E-state index contributed by atoms with van der Waals surface area (Å²) in [6, 6.07) is 16.1. The van der Waals surface area contributed by atoms with Gasteiger partial charge < -0.3 is 9.26 Å². The Labute approximate surface area is 212 Å². The molecule has 0 bridgehead atoms. The van der Waals surface area contributed by atoms with Crippen molar-refractivity contribution >= 4 is 32.2 Å². The molecule has 5 aromatic rings. The maximum Gasteiger partial charge on any atom is 0.184 e. The molecule has 6 nitrogen and oxygen atoms in total. The van der Waals surface area contributed by atoms with Crippen LogP contribution in [0.25, 0.3) is 33.0 Å². The van der Waals surface area contributed by atoms with Crippen LogP contribution < -0.4 is 4.74 Å². The molecule has 0 aliphatic heterocycles. The second-order valence-corrected chi connectivity index (χ2v) is 10.7. The van der Waals surface area contributed by atoms with E-state index in [9.17, 15) is 12.8 Å². The minimum Gasteiger partial charge on any atom is -0.496 e. The number of halogens is 2. The summed E-state index contributed by atoms with van der Waals surface area (Å²) in [6.07, 6.45) is 2.97. The zero-order chi connectivity index (χ0) is 25.4. The number of methoxy groups -OCH3 is 1. The zero-order valence-electron chi connectivity index (χ0n) is 19.3. The van der Waals surface area contributed by atoms with E-state index >= 15 is 0 Å². The van der Waals surface area contributed by atoms with Crippen molar-refractivity contribution in [2.24, 2.45) is 0 Å². The molecule has 0 aliphatic rings. The molecule has 0 fully saturated rings. The van der Waals surface area contributed by atoms with Crippen LogP contribution in [0.1, 0.15) is 11.4 Å². The second kappa shape index (κ2) is 9.37. The van der Waals surface area contributed by atoms with Crippen molar-refractivity contribution in [2.75, 3.05) is 7.11 Å². The molecule has 0 unspecified atom stereocenters. The summed E-state index contributed by atoms with van der Waals surface area (Å²) in [4.78, 5) is 4.66. The Hall–Kier alpha value is -3.75. The van der Waals surface area contributed by atoms with E-state index in [4.69, 9.17) is 20.9 Å². The quantitative estimate of drug-likeness (QED) is 0.248. The standard InChI is InChI=1S/C27H20ClFN2O4S/c1-16-27(24-12-25(28)23(13-26(24)34-2)17-4-3-5-19(29)10-17)22-7-6-21(11-18(22)14-30-16)36(32,33)15-20-8-9-35-31-20/h3-14H,15H2,1-2H3. The van der Waals surface area contributed by atoms with E-state index in [1.54, 1.807) is 55.8 Å².